The van der Waals surface area contributed by atoms with Crippen molar-refractivity contribution in [1.82, 2.24) is 4.90 Å². The van der Waals surface area contributed by atoms with Crippen molar-refractivity contribution in [1.29, 1.82) is 0 Å². The standard InChI is InChI=1S/C23H28ClN3O3/c1-15-21(25)26-19-13-16(8-9-20(19)29-15)10-11-27(22(28)30-23(2,3)4)14-17-6-5-7-18(24)12-17/h5-9,12-13,15H,10-11,14H2,1-4H3,(H2,25,26). The van der Waals surface area contributed by atoms with Crippen molar-refractivity contribution in [2.75, 3.05) is 6.54 Å². The topological polar surface area (TPSA) is 77.1 Å². The van der Waals surface area contributed by atoms with Crippen molar-refractivity contribution >= 4 is 29.2 Å². The number of hydrogen-bond donors (Lipinski definition) is 1. The smallest absolute Gasteiger partial charge is 0.410 e. The number of hydrogen-bond acceptors (Lipinski definition) is 5. The highest BCUT2D eigenvalue weighted by Gasteiger charge is 2.23. The summed E-state index contributed by atoms with van der Waals surface area (Å²) in [6.07, 6.45) is 0.0431. The molecule has 0 bridgehead atoms. The largest absolute Gasteiger partial charge is 0.481 e. The highest BCUT2D eigenvalue weighted by atomic mass is 35.5. The minimum Gasteiger partial charge on any atom is -0.481 e. The Hall–Kier alpha value is -2.73. The molecule has 0 fully saturated rings. The normalized spacial score (nSPS) is 15.6. The van der Waals surface area contributed by atoms with Crippen LogP contribution >= 0.6 is 11.6 Å². The van der Waals surface area contributed by atoms with E-state index in [1.165, 1.54) is 0 Å². The van der Waals surface area contributed by atoms with Crippen LogP contribution in [-0.4, -0.2) is 35.1 Å². The maximum Gasteiger partial charge on any atom is 0.410 e. The molecule has 0 spiro atoms. The number of fused-ring (bicyclic) bond motifs is 1. The fraction of sp³-hybridized carbons (Fsp3) is 0.391. The molecule has 3 rings (SSSR count). The van der Waals surface area contributed by atoms with Crippen molar-refractivity contribution < 1.29 is 14.3 Å². The third-order valence-corrected chi connectivity index (χ3v) is 4.81. The number of carbonyl (C=O) groups is 1. The monoisotopic (exact) mass is 429 g/mol. The molecule has 1 amide bonds. The number of nitrogens with zero attached hydrogens (tertiary/aromatic N) is 2. The van der Waals surface area contributed by atoms with Gasteiger partial charge >= 0.3 is 6.09 Å². The molecular formula is C23H28ClN3O3. The summed E-state index contributed by atoms with van der Waals surface area (Å²) in [4.78, 5) is 18.9. The lowest BCUT2D eigenvalue weighted by Crippen LogP contribution is -2.37. The van der Waals surface area contributed by atoms with Crippen molar-refractivity contribution in [2.45, 2.75) is 52.4 Å². The maximum absolute atomic E-state index is 12.8. The zero-order valence-electron chi connectivity index (χ0n) is 17.8. The predicted octanol–water partition coefficient (Wildman–Crippen LogP) is 5.09. The summed E-state index contributed by atoms with van der Waals surface area (Å²) in [6, 6.07) is 13.3. The Labute approximate surface area is 182 Å². The zero-order chi connectivity index (χ0) is 21.9. The van der Waals surface area contributed by atoms with Gasteiger partial charge in [0.1, 0.15) is 22.9 Å². The number of benzene rings is 2. The Balaban J connectivity index is 1.75. The molecule has 0 saturated heterocycles. The molecule has 2 N–H and O–H groups in total. The first kappa shape index (κ1) is 22.0. The Morgan fingerprint density at radius 1 is 1.23 bits per heavy atom. The van der Waals surface area contributed by atoms with Crippen LogP contribution in [0.4, 0.5) is 10.5 Å². The molecule has 6 nitrogen and oxygen atoms in total. The van der Waals surface area contributed by atoms with Crippen LogP contribution in [0.1, 0.15) is 38.8 Å². The van der Waals surface area contributed by atoms with E-state index in [1.54, 1.807) is 4.90 Å². The summed E-state index contributed by atoms with van der Waals surface area (Å²) >= 11 is 6.11. The van der Waals surface area contributed by atoms with E-state index in [0.717, 1.165) is 11.1 Å². The van der Waals surface area contributed by atoms with Gasteiger partial charge in [-0.05, 0) is 69.5 Å². The first-order valence-corrected chi connectivity index (χ1v) is 10.3. The van der Waals surface area contributed by atoms with Crippen LogP contribution in [0.25, 0.3) is 0 Å². The summed E-state index contributed by atoms with van der Waals surface area (Å²) in [5.74, 6) is 1.17. The van der Waals surface area contributed by atoms with E-state index in [9.17, 15) is 4.79 Å². The first-order chi connectivity index (χ1) is 14.1. The molecule has 2 aromatic carbocycles. The molecule has 1 aliphatic rings. The number of rotatable bonds is 5. The van der Waals surface area contributed by atoms with Gasteiger partial charge in [-0.15, -0.1) is 0 Å². The zero-order valence-corrected chi connectivity index (χ0v) is 18.6. The molecule has 1 unspecified atom stereocenters. The van der Waals surface area contributed by atoms with Gasteiger partial charge in [0.2, 0.25) is 0 Å². The number of nitrogens with two attached hydrogens (primary N) is 1. The molecule has 30 heavy (non-hydrogen) atoms. The molecule has 0 radical (unpaired) electrons. The summed E-state index contributed by atoms with van der Waals surface area (Å²) in [6.45, 7) is 8.33. The number of amides is 1. The fourth-order valence-corrected chi connectivity index (χ4v) is 3.28. The Morgan fingerprint density at radius 2 is 2.00 bits per heavy atom. The van der Waals surface area contributed by atoms with E-state index in [0.29, 0.717) is 41.8 Å². The van der Waals surface area contributed by atoms with Gasteiger partial charge in [-0.1, -0.05) is 29.8 Å². The Kier molecular flexibility index (Phi) is 6.56. The molecule has 7 heteroatoms. The summed E-state index contributed by atoms with van der Waals surface area (Å²) in [7, 11) is 0. The van der Waals surface area contributed by atoms with Gasteiger partial charge in [-0.25, -0.2) is 9.79 Å². The minimum absolute atomic E-state index is 0.233. The van der Waals surface area contributed by atoms with Gasteiger partial charge < -0.3 is 20.1 Å². The summed E-state index contributed by atoms with van der Waals surface area (Å²) in [5, 5.41) is 0.635. The minimum atomic E-state index is -0.574. The van der Waals surface area contributed by atoms with Crippen LogP contribution in [-0.2, 0) is 17.7 Å². The second kappa shape index (κ2) is 8.96. The van der Waals surface area contributed by atoms with E-state index in [4.69, 9.17) is 26.8 Å². The van der Waals surface area contributed by atoms with E-state index in [-0.39, 0.29) is 12.2 Å². The van der Waals surface area contributed by atoms with E-state index >= 15 is 0 Å². The predicted molar refractivity (Wildman–Crippen MR) is 120 cm³/mol. The molecule has 2 aromatic rings. The number of amidine groups is 1. The average Bonchev–Trinajstić information content (AvgIpc) is 2.64. The van der Waals surface area contributed by atoms with Gasteiger partial charge in [0.25, 0.3) is 0 Å². The van der Waals surface area contributed by atoms with Crippen molar-refractivity contribution in [2.24, 2.45) is 10.7 Å². The molecule has 160 valence electrons. The number of aliphatic imine (C=N–C) groups is 1. The lowest BCUT2D eigenvalue weighted by atomic mass is 10.1. The molecule has 0 saturated carbocycles. The third-order valence-electron chi connectivity index (χ3n) is 4.58. The molecule has 0 aromatic heterocycles. The maximum atomic E-state index is 12.8. The van der Waals surface area contributed by atoms with Crippen LogP contribution in [0, 0.1) is 0 Å². The quantitative estimate of drug-likeness (QED) is 0.718. The lowest BCUT2D eigenvalue weighted by Gasteiger charge is -2.28. The second-order valence-corrected chi connectivity index (χ2v) is 8.82. The van der Waals surface area contributed by atoms with Gasteiger partial charge in [0.15, 0.2) is 6.10 Å². The highest BCUT2D eigenvalue weighted by molar-refractivity contribution is 6.30. The van der Waals surface area contributed by atoms with Gasteiger partial charge in [-0.2, -0.15) is 0 Å². The molecule has 1 heterocycles. The van der Waals surface area contributed by atoms with E-state index < -0.39 is 5.60 Å². The van der Waals surface area contributed by atoms with Crippen LogP contribution < -0.4 is 10.5 Å². The van der Waals surface area contributed by atoms with Crippen molar-refractivity contribution in [3.05, 3.63) is 58.6 Å². The van der Waals surface area contributed by atoms with Crippen molar-refractivity contribution in [3.63, 3.8) is 0 Å². The SMILES string of the molecule is CC1Oc2ccc(CCN(Cc3cccc(Cl)c3)C(=O)OC(C)(C)C)cc2N=C1N. The molecule has 0 aliphatic carbocycles. The Morgan fingerprint density at radius 3 is 2.70 bits per heavy atom. The summed E-state index contributed by atoms with van der Waals surface area (Å²) < 4.78 is 11.4. The first-order valence-electron chi connectivity index (χ1n) is 9.97. The van der Waals surface area contributed by atoms with Crippen LogP contribution in [0.15, 0.2) is 47.5 Å². The molecule has 1 atom stereocenters. The number of ether oxygens (including phenoxy) is 2. The Bertz CT molecular complexity index is 953. The fourth-order valence-electron chi connectivity index (χ4n) is 3.07. The number of carbonyl (C=O) groups excluding carboxylic acids is 1. The number of halogens is 1. The van der Waals surface area contributed by atoms with E-state index in [1.807, 2.05) is 70.2 Å². The second-order valence-electron chi connectivity index (χ2n) is 8.38. The summed E-state index contributed by atoms with van der Waals surface area (Å²) in [5.41, 5.74) is 8.02. The van der Waals surface area contributed by atoms with Crippen molar-refractivity contribution in [3.8, 4) is 5.75 Å². The molecular weight excluding hydrogens is 402 g/mol. The van der Waals surface area contributed by atoms with Crippen LogP contribution in [0.2, 0.25) is 5.02 Å². The van der Waals surface area contributed by atoms with Crippen LogP contribution in [0.5, 0.6) is 5.75 Å². The third kappa shape index (κ3) is 5.89. The van der Waals surface area contributed by atoms with Gasteiger partial charge in [0, 0.05) is 18.1 Å². The van der Waals surface area contributed by atoms with E-state index in [2.05, 4.69) is 4.99 Å². The molecule has 1 aliphatic heterocycles. The highest BCUT2D eigenvalue weighted by Crippen LogP contribution is 2.33. The van der Waals surface area contributed by atoms with Gasteiger partial charge in [-0.3, -0.25) is 0 Å². The lowest BCUT2D eigenvalue weighted by molar-refractivity contribution is 0.0236. The average molecular weight is 430 g/mol. The van der Waals surface area contributed by atoms with Crippen LogP contribution in [0.3, 0.4) is 0 Å². The van der Waals surface area contributed by atoms with Gasteiger partial charge in [0.05, 0.1) is 0 Å².